The van der Waals surface area contributed by atoms with Gasteiger partial charge in [0.25, 0.3) is 0 Å². The van der Waals surface area contributed by atoms with Crippen molar-refractivity contribution in [3.05, 3.63) is 0 Å². The second-order valence-corrected chi connectivity index (χ2v) is 4.20. The summed E-state index contributed by atoms with van der Waals surface area (Å²) < 4.78 is 5.12. The van der Waals surface area contributed by atoms with Crippen LogP contribution in [0.2, 0.25) is 0 Å². The summed E-state index contributed by atoms with van der Waals surface area (Å²) in [6, 6.07) is 0. The number of thiol groups is 2. The standard InChI is InChI=1S/C9H19NO2S2/c1-2-4-12-7-10-9(11)6-8(14)3-5-13/h8,13-14H,2-7H2,1H3,(H,10,11). The van der Waals surface area contributed by atoms with Crippen LogP contribution in [0.5, 0.6) is 0 Å². The van der Waals surface area contributed by atoms with Crippen molar-refractivity contribution < 1.29 is 9.53 Å². The van der Waals surface area contributed by atoms with Gasteiger partial charge in [0.1, 0.15) is 6.73 Å². The zero-order valence-electron chi connectivity index (χ0n) is 8.53. The van der Waals surface area contributed by atoms with Gasteiger partial charge in [0, 0.05) is 18.3 Å². The first kappa shape index (κ1) is 14.1. The predicted molar refractivity (Wildman–Crippen MR) is 65.1 cm³/mol. The zero-order valence-corrected chi connectivity index (χ0v) is 10.3. The Balaban J connectivity index is 3.35. The van der Waals surface area contributed by atoms with E-state index in [-0.39, 0.29) is 11.2 Å². The molecule has 0 aromatic rings. The molecule has 0 spiro atoms. The average Bonchev–Trinajstić information content (AvgIpc) is 2.13. The maximum absolute atomic E-state index is 11.2. The van der Waals surface area contributed by atoms with Crippen LogP contribution in [0.3, 0.4) is 0 Å². The van der Waals surface area contributed by atoms with Crippen molar-refractivity contribution >= 4 is 31.2 Å². The van der Waals surface area contributed by atoms with Crippen LogP contribution in [-0.2, 0) is 9.53 Å². The summed E-state index contributed by atoms with van der Waals surface area (Å²) in [4.78, 5) is 11.2. The van der Waals surface area contributed by atoms with Gasteiger partial charge < -0.3 is 10.1 Å². The summed E-state index contributed by atoms with van der Waals surface area (Å²) in [5.41, 5.74) is 0. The van der Waals surface area contributed by atoms with E-state index in [1.807, 2.05) is 6.92 Å². The third kappa shape index (κ3) is 8.72. The van der Waals surface area contributed by atoms with Crippen LogP contribution in [0.4, 0.5) is 0 Å². The van der Waals surface area contributed by atoms with Crippen molar-refractivity contribution in [2.24, 2.45) is 0 Å². The van der Waals surface area contributed by atoms with E-state index in [0.717, 1.165) is 18.6 Å². The molecule has 3 nitrogen and oxygen atoms in total. The number of rotatable bonds is 8. The minimum Gasteiger partial charge on any atom is -0.361 e. The van der Waals surface area contributed by atoms with Gasteiger partial charge in [-0.1, -0.05) is 6.92 Å². The monoisotopic (exact) mass is 237 g/mol. The minimum atomic E-state index is -0.0112. The molecule has 0 saturated heterocycles. The molecule has 14 heavy (non-hydrogen) atoms. The highest BCUT2D eigenvalue weighted by Crippen LogP contribution is 2.06. The molecular formula is C9H19NO2S2. The van der Waals surface area contributed by atoms with E-state index in [4.69, 9.17) is 4.74 Å². The fourth-order valence-electron chi connectivity index (χ4n) is 0.885. The van der Waals surface area contributed by atoms with Gasteiger partial charge >= 0.3 is 0 Å². The molecule has 1 amide bonds. The van der Waals surface area contributed by atoms with Crippen LogP contribution in [-0.4, -0.2) is 30.2 Å². The van der Waals surface area contributed by atoms with Crippen molar-refractivity contribution in [1.82, 2.24) is 5.32 Å². The number of hydrogen-bond donors (Lipinski definition) is 3. The summed E-state index contributed by atoms with van der Waals surface area (Å²) in [6.45, 7) is 3.01. The van der Waals surface area contributed by atoms with Gasteiger partial charge in [-0.3, -0.25) is 4.79 Å². The second-order valence-electron chi connectivity index (χ2n) is 3.02. The Morgan fingerprint density at radius 1 is 1.57 bits per heavy atom. The van der Waals surface area contributed by atoms with Crippen molar-refractivity contribution in [2.45, 2.75) is 31.4 Å². The van der Waals surface area contributed by atoms with Crippen LogP contribution in [0, 0.1) is 0 Å². The van der Waals surface area contributed by atoms with Crippen LogP contribution in [0.25, 0.3) is 0 Å². The topological polar surface area (TPSA) is 38.3 Å². The Morgan fingerprint density at radius 2 is 2.29 bits per heavy atom. The smallest absolute Gasteiger partial charge is 0.222 e. The quantitative estimate of drug-likeness (QED) is 0.340. The van der Waals surface area contributed by atoms with Gasteiger partial charge in [-0.05, 0) is 18.6 Å². The lowest BCUT2D eigenvalue weighted by molar-refractivity contribution is -0.122. The van der Waals surface area contributed by atoms with E-state index in [9.17, 15) is 4.79 Å². The third-order valence-corrected chi connectivity index (χ3v) is 2.30. The molecule has 1 atom stereocenters. The summed E-state index contributed by atoms with van der Waals surface area (Å²) in [6.07, 6.45) is 2.24. The van der Waals surface area contributed by atoms with Gasteiger partial charge in [-0.2, -0.15) is 25.3 Å². The molecule has 0 bridgehead atoms. The number of amides is 1. The lowest BCUT2D eigenvalue weighted by atomic mass is 10.2. The molecule has 0 aromatic heterocycles. The Bertz CT molecular complexity index is 156. The Morgan fingerprint density at radius 3 is 2.86 bits per heavy atom. The Labute approximate surface area is 96.8 Å². The summed E-state index contributed by atoms with van der Waals surface area (Å²) in [7, 11) is 0. The van der Waals surface area contributed by atoms with E-state index in [1.54, 1.807) is 0 Å². The maximum Gasteiger partial charge on any atom is 0.222 e. The number of ether oxygens (including phenoxy) is 1. The van der Waals surface area contributed by atoms with Gasteiger partial charge in [-0.25, -0.2) is 0 Å². The fourth-order valence-corrected chi connectivity index (χ4v) is 1.70. The van der Waals surface area contributed by atoms with E-state index >= 15 is 0 Å². The molecule has 0 aliphatic rings. The molecule has 0 saturated carbocycles. The van der Waals surface area contributed by atoms with Crippen LogP contribution in [0.15, 0.2) is 0 Å². The van der Waals surface area contributed by atoms with Crippen molar-refractivity contribution in [2.75, 3.05) is 19.1 Å². The van der Waals surface area contributed by atoms with Crippen LogP contribution >= 0.6 is 25.3 Å². The molecule has 5 heteroatoms. The van der Waals surface area contributed by atoms with E-state index in [0.29, 0.717) is 19.8 Å². The fraction of sp³-hybridized carbons (Fsp3) is 0.889. The highest BCUT2D eigenvalue weighted by Gasteiger charge is 2.08. The van der Waals surface area contributed by atoms with Crippen molar-refractivity contribution in [3.8, 4) is 0 Å². The van der Waals surface area contributed by atoms with Crippen molar-refractivity contribution in [1.29, 1.82) is 0 Å². The highest BCUT2D eigenvalue weighted by atomic mass is 32.1. The molecule has 0 heterocycles. The first-order valence-electron chi connectivity index (χ1n) is 4.84. The molecule has 1 unspecified atom stereocenters. The molecular weight excluding hydrogens is 218 g/mol. The predicted octanol–water partition coefficient (Wildman–Crippen LogP) is 1.50. The van der Waals surface area contributed by atoms with E-state index in [2.05, 4.69) is 30.6 Å². The number of hydrogen-bond acceptors (Lipinski definition) is 4. The molecule has 0 aliphatic carbocycles. The Kier molecular flexibility index (Phi) is 9.77. The largest absolute Gasteiger partial charge is 0.361 e. The first-order valence-corrected chi connectivity index (χ1v) is 5.99. The number of nitrogens with one attached hydrogen (secondary N) is 1. The molecule has 0 fully saturated rings. The zero-order chi connectivity index (χ0) is 10.8. The van der Waals surface area contributed by atoms with Crippen LogP contribution < -0.4 is 5.32 Å². The SMILES string of the molecule is CCCOCNC(=O)CC(S)CCS. The van der Waals surface area contributed by atoms with Gasteiger partial charge in [0.15, 0.2) is 0 Å². The highest BCUT2D eigenvalue weighted by molar-refractivity contribution is 7.81. The number of carbonyl (C=O) groups excluding carboxylic acids is 1. The summed E-state index contributed by atoms with van der Waals surface area (Å²) >= 11 is 8.34. The van der Waals surface area contributed by atoms with Gasteiger partial charge in [0.2, 0.25) is 5.91 Å². The molecule has 0 radical (unpaired) electrons. The normalized spacial score (nSPS) is 12.5. The van der Waals surface area contributed by atoms with Gasteiger partial charge in [-0.15, -0.1) is 0 Å². The number of carbonyl (C=O) groups is 1. The lowest BCUT2D eigenvalue weighted by Gasteiger charge is -2.09. The maximum atomic E-state index is 11.2. The summed E-state index contributed by atoms with van der Waals surface area (Å²) in [5, 5.41) is 2.77. The lowest BCUT2D eigenvalue weighted by Crippen LogP contribution is -2.28. The average molecular weight is 237 g/mol. The molecule has 0 aliphatic heterocycles. The molecule has 0 rings (SSSR count). The van der Waals surface area contributed by atoms with Gasteiger partial charge in [0.05, 0.1) is 0 Å². The third-order valence-electron chi connectivity index (χ3n) is 1.60. The first-order chi connectivity index (χ1) is 6.70. The van der Waals surface area contributed by atoms with Crippen LogP contribution in [0.1, 0.15) is 26.2 Å². The summed E-state index contributed by atoms with van der Waals surface area (Å²) in [5.74, 6) is 0.747. The van der Waals surface area contributed by atoms with E-state index in [1.165, 1.54) is 0 Å². The second kappa shape index (κ2) is 9.68. The minimum absolute atomic E-state index is 0.0112. The van der Waals surface area contributed by atoms with E-state index < -0.39 is 0 Å². The molecule has 0 aromatic carbocycles. The molecule has 1 N–H and O–H groups in total. The Hall–Kier alpha value is 0.130. The molecule has 84 valence electrons. The van der Waals surface area contributed by atoms with Crippen molar-refractivity contribution in [3.63, 3.8) is 0 Å².